The van der Waals surface area contributed by atoms with E-state index in [0.717, 1.165) is 23.3 Å². The van der Waals surface area contributed by atoms with Crippen molar-refractivity contribution in [2.24, 2.45) is 5.92 Å². The van der Waals surface area contributed by atoms with Gasteiger partial charge in [-0.1, -0.05) is 0 Å². The molecule has 7 nitrogen and oxygen atoms in total. The first-order chi connectivity index (χ1) is 13.8. The van der Waals surface area contributed by atoms with Gasteiger partial charge in [-0.2, -0.15) is 0 Å². The highest BCUT2D eigenvalue weighted by atomic mass is 32.1. The Morgan fingerprint density at radius 3 is 2.48 bits per heavy atom. The van der Waals surface area contributed by atoms with E-state index in [1.165, 1.54) is 31.6 Å². The fourth-order valence-corrected chi connectivity index (χ4v) is 3.88. The highest BCUT2D eigenvalue weighted by Crippen LogP contribution is 2.36. The number of anilines is 1. The van der Waals surface area contributed by atoms with Crippen molar-refractivity contribution < 1.29 is 28.6 Å². The zero-order valence-corrected chi connectivity index (χ0v) is 17.6. The summed E-state index contributed by atoms with van der Waals surface area (Å²) in [5.74, 6) is -0.266. The number of hydrogen-bond donors (Lipinski definition) is 1. The van der Waals surface area contributed by atoms with Crippen LogP contribution in [0.1, 0.15) is 44.0 Å². The molecule has 29 heavy (non-hydrogen) atoms. The van der Waals surface area contributed by atoms with Gasteiger partial charge in [-0.15, -0.1) is 11.3 Å². The van der Waals surface area contributed by atoms with Crippen molar-refractivity contribution in [3.05, 3.63) is 39.8 Å². The van der Waals surface area contributed by atoms with Gasteiger partial charge in [0.2, 0.25) is 11.7 Å². The van der Waals surface area contributed by atoms with Gasteiger partial charge in [-0.25, -0.2) is 4.79 Å². The molecule has 0 saturated heterocycles. The summed E-state index contributed by atoms with van der Waals surface area (Å²) in [6.07, 6.45) is 1.73. The van der Waals surface area contributed by atoms with Gasteiger partial charge in [-0.05, 0) is 50.5 Å². The van der Waals surface area contributed by atoms with Crippen molar-refractivity contribution in [2.45, 2.75) is 26.7 Å². The zero-order chi connectivity index (χ0) is 21.1. The number of methoxy groups -OCH3 is 2. The van der Waals surface area contributed by atoms with E-state index in [0.29, 0.717) is 22.1 Å². The minimum atomic E-state index is -0.645. The second kappa shape index (κ2) is 8.65. The Morgan fingerprint density at radius 2 is 1.86 bits per heavy atom. The third-order valence-electron chi connectivity index (χ3n) is 4.82. The van der Waals surface area contributed by atoms with E-state index in [1.807, 2.05) is 6.92 Å². The van der Waals surface area contributed by atoms with Crippen molar-refractivity contribution >= 4 is 34.0 Å². The summed E-state index contributed by atoms with van der Waals surface area (Å²) < 4.78 is 15.6. The number of carbonyl (C=O) groups excluding carboxylic acids is 3. The van der Waals surface area contributed by atoms with Crippen molar-refractivity contribution in [1.29, 1.82) is 0 Å². The van der Waals surface area contributed by atoms with E-state index in [9.17, 15) is 14.4 Å². The molecule has 0 spiro atoms. The molecule has 1 heterocycles. The average molecular weight is 417 g/mol. The molecule has 8 heteroatoms. The van der Waals surface area contributed by atoms with Crippen molar-refractivity contribution in [1.82, 2.24) is 0 Å². The highest BCUT2D eigenvalue weighted by Gasteiger charge is 2.32. The first kappa shape index (κ1) is 20.9. The van der Waals surface area contributed by atoms with Crippen LogP contribution in [0.5, 0.6) is 11.5 Å². The van der Waals surface area contributed by atoms with Gasteiger partial charge in [0.15, 0.2) is 6.61 Å². The van der Waals surface area contributed by atoms with Crippen molar-refractivity contribution in [3.8, 4) is 11.5 Å². The second-order valence-corrected chi connectivity index (χ2v) is 8.04. The van der Waals surface area contributed by atoms with Crippen LogP contribution in [-0.2, 0) is 9.53 Å². The number of Topliss-reactive ketones (excluding diaryl/α,β-unsaturated/α-hetero) is 1. The molecule has 1 amide bonds. The molecule has 0 radical (unpaired) electrons. The molecule has 1 aromatic heterocycles. The number of ketones is 1. The number of aryl methyl sites for hydroxylation is 1. The summed E-state index contributed by atoms with van der Waals surface area (Å²) >= 11 is 1.33. The Bertz CT molecular complexity index is 960. The predicted molar refractivity (Wildman–Crippen MR) is 109 cm³/mol. The van der Waals surface area contributed by atoms with Crippen LogP contribution in [0.15, 0.2) is 18.2 Å². The third kappa shape index (κ3) is 4.59. The Kier molecular flexibility index (Phi) is 6.22. The number of esters is 1. The van der Waals surface area contributed by atoms with Crippen LogP contribution in [-0.4, -0.2) is 38.5 Å². The summed E-state index contributed by atoms with van der Waals surface area (Å²) in [6, 6.07) is 4.83. The van der Waals surface area contributed by atoms with Gasteiger partial charge >= 0.3 is 5.97 Å². The molecular weight excluding hydrogens is 394 g/mol. The van der Waals surface area contributed by atoms with Crippen LogP contribution in [0.3, 0.4) is 0 Å². The maximum atomic E-state index is 12.7. The lowest BCUT2D eigenvalue weighted by molar-refractivity contribution is -0.117. The van der Waals surface area contributed by atoms with Crippen LogP contribution in [0.2, 0.25) is 0 Å². The van der Waals surface area contributed by atoms with Crippen LogP contribution in [0, 0.1) is 19.8 Å². The first-order valence-corrected chi connectivity index (χ1v) is 10.0. The standard InChI is InChI=1S/C21H23NO6S/c1-11-12(2)29-20(22-19(24)13-5-6-13)18(11)21(25)28-10-16(23)15-9-14(26-3)7-8-17(15)27-4/h7-9,13H,5-6,10H2,1-4H3,(H,22,24). The number of ether oxygens (including phenoxy) is 3. The number of hydrogen-bond acceptors (Lipinski definition) is 7. The van der Waals surface area contributed by atoms with E-state index in [4.69, 9.17) is 14.2 Å². The van der Waals surface area contributed by atoms with Gasteiger partial charge in [0.25, 0.3) is 0 Å². The molecular formula is C21H23NO6S. The molecule has 1 aliphatic carbocycles. The van der Waals surface area contributed by atoms with Gasteiger partial charge in [0.1, 0.15) is 16.5 Å². The normalized spacial score (nSPS) is 13.0. The van der Waals surface area contributed by atoms with E-state index in [-0.39, 0.29) is 17.4 Å². The van der Waals surface area contributed by atoms with E-state index >= 15 is 0 Å². The van der Waals surface area contributed by atoms with Crippen molar-refractivity contribution in [3.63, 3.8) is 0 Å². The number of rotatable bonds is 8. The molecule has 0 unspecified atom stereocenters. The summed E-state index contributed by atoms with van der Waals surface area (Å²) in [5, 5.41) is 3.29. The lowest BCUT2D eigenvalue weighted by atomic mass is 10.1. The molecule has 2 aromatic rings. The van der Waals surface area contributed by atoms with E-state index in [1.54, 1.807) is 19.1 Å². The summed E-state index contributed by atoms with van der Waals surface area (Å²) in [4.78, 5) is 38.3. The summed E-state index contributed by atoms with van der Waals surface area (Å²) in [7, 11) is 2.95. The minimum absolute atomic E-state index is 0.0173. The molecule has 1 aromatic carbocycles. The smallest absolute Gasteiger partial charge is 0.341 e. The molecule has 1 N–H and O–H groups in total. The Morgan fingerprint density at radius 1 is 1.14 bits per heavy atom. The largest absolute Gasteiger partial charge is 0.497 e. The maximum absolute atomic E-state index is 12.7. The maximum Gasteiger partial charge on any atom is 0.341 e. The SMILES string of the molecule is COc1ccc(OC)c(C(=O)COC(=O)c2c(NC(=O)C3CC3)sc(C)c2C)c1. The fraction of sp³-hybridized carbons (Fsp3) is 0.381. The predicted octanol–water partition coefficient (Wildman–Crippen LogP) is 3.77. The van der Waals surface area contributed by atoms with Crippen LogP contribution in [0.25, 0.3) is 0 Å². The molecule has 3 rings (SSSR count). The number of benzene rings is 1. The first-order valence-electron chi connectivity index (χ1n) is 9.18. The van der Waals surface area contributed by atoms with Crippen LogP contribution >= 0.6 is 11.3 Å². The lowest BCUT2D eigenvalue weighted by Crippen LogP contribution is -2.18. The molecule has 0 atom stereocenters. The van der Waals surface area contributed by atoms with E-state index < -0.39 is 18.4 Å². The van der Waals surface area contributed by atoms with Crippen molar-refractivity contribution in [2.75, 3.05) is 26.1 Å². The fourth-order valence-electron chi connectivity index (χ4n) is 2.83. The van der Waals surface area contributed by atoms with Gasteiger partial charge in [0, 0.05) is 10.8 Å². The number of amides is 1. The Labute approximate surface area is 173 Å². The zero-order valence-electron chi connectivity index (χ0n) is 16.8. The summed E-state index contributed by atoms with van der Waals surface area (Å²) in [6.45, 7) is 3.21. The molecule has 154 valence electrons. The quantitative estimate of drug-likeness (QED) is 0.519. The van der Waals surface area contributed by atoms with E-state index in [2.05, 4.69) is 5.32 Å². The average Bonchev–Trinajstić information content (AvgIpc) is 3.52. The minimum Gasteiger partial charge on any atom is -0.497 e. The topological polar surface area (TPSA) is 90.9 Å². The van der Waals surface area contributed by atoms with Gasteiger partial charge in [0.05, 0.1) is 25.3 Å². The van der Waals surface area contributed by atoms with Gasteiger partial charge < -0.3 is 19.5 Å². The highest BCUT2D eigenvalue weighted by molar-refractivity contribution is 7.16. The van der Waals surface area contributed by atoms with Gasteiger partial charge in [-0.3, -0.25) is 9.59 Å². The third-order valence-corrected chi connectivity index (χ3v) is 5.94. The molecule has 1 saturated carbocycles. The number of nitrogens with one attached hydrogen (secondary N) is 1. The molecule has 1 aliphatic rings. The van der Waals surface area contributed by atoms with Crippen LogP contribution in [0.4, 0.5) is 5.00 Å². The molecule has 1 fully saturated rings. The monoisotopic (exact) mass is 417 g/mol. The Hall–Kier alpha value is -2.87. The molecule has 0 aliphatic heterocycles. The molecule has 0 bridgehead atoms. The summed E-state index contributed by atoms with van der Waals surface area (Å²) in [5.41, 5.74) is 1.30. The second-order valence-electron chi connectivity index (χ2n) is 6.82. The number of thiophene rings is 1. The lowest BCUT2D eigenvalue weighted by Gasteiger charge is -2.11. The Balaban J connectivity index is 1.74. The van der Waals surface area contributed by atoms with Crippen LogP contribution < -0.4 is 14.8 Å². The number of carbonyl (C=O) groups is 3.